The van der Waals surface area contributed by atoms with Gasteiger partial charge < -0.3 is 0 Å². The molecule has 4 nitrogen and oxygen atoms in total. The van der Waals surface area contributed by atoms with Gasteiger partial charge in [-0.1, -0.05) is 0 Å². The van der Waals surface area contributed by atoms with Crippen molar-refractivity contribution in [2.45, 2.75) is 12.5 Å². The minimum Gasteiger partial charge on any atom is -0.288 e. The molecule has 0 aromatic heterocycles. The van der Waals surface area contributed by atoms with Crippen LogP contribution in [-0.2, 0) is 4.79 Å². The van der Waals surface area contributed by atoms with Crippen LogP contribution in [0.2, 0.25) is 0 Å². The summed E-state index contributed by atoms with van der Waals surface area (Å²) in [6.07, 6.45) is 4.35. The summed E-state index contributed by atoms with van der Waals surface area (Å²) < 4.78 is 0. The highest BCUT2D eigenvalue weighted by molar-refractivity contribution is 7.98. The van der Waals surface area contributed by atoms with Crippen LogP contribution in [0.4, 0.5) is 0 Å². The van der Waals surface area contributed by atoms with Gasteiger partial charge >= 0.3 is 0 Å². The predicted octanol–water partition coefficient (Wildman–Crippen LogP) is -0.229. The zero-order valence-corrected chi connectivity index (χ0v) is 7.15. The highest BCUT2D eigenvalue weighted by Crippen LogP contribution is 2.04. The van der Waals surface area contributed by atoms with E-state index in [1.807, 2.05) is 6.26 Å². The first-order valence-corrected chi connectivity index (χ1v) is 4.80. The van der Waals surface area contributed by atoms with E-state index < -0.39 is 0 Å². The molecule has 0 radical (unpaired) electrons. The quantitative estimate of drug-likeness (QED) is 0.620. The molecule has 5 heteroatoms. The molecule has 1 heterocycles. The summed E-state index contributed by atoms with van der Waals surface area (Å²) in [4.78, 5) is 15.0. The third-order valence-electron chi connectivity index (χ3n) is 1.41. The number of amides is 1. The van der Waals surface area contributed by atoms with Crippen molar-refractivity contribution in [2.24, 2.45) is 4.99 Å². The minimum atomic E-state index is -0.191. The maximum atomic E-state index is 11.0. The zero-order valence-electron chi connectivity index (χ0n) is 6.33. The van der Waals surface area contributed by atoms with E-state index in [9.17, 15) is 4.79 Å². The Hall–Kier alpha value is -0.710. The number of carbonyl (C=O) groups is 1. The van der Waals surface area contributed by atoms with Gasteiger partial charge in [0.1, 0.15) is 12.4 Å². The van der Waals surface area contributed by atoms with E-state index >= 15 is 0 Å². The molecule has 0 saturated carbocycles. The summed E-state index contributed by atoms with van der Waals surface area (Å²) in [5, 5.41) is 0. The van der Waals surface area contributed by atoms with Gasteiger partial charge in [-0.05, 0) is 18.4 Å². The molecule has 2 N–H and O–H groups in total. The molecular formula is C6H11N3OS. The Morgan fingerprint density at radius 1 is 1.82 bits per heavy atom. The molecule has 1 aliphatic heterocycles. The Bertz CT molecular complexity index is 171. The second-order valence-electron chi connectivity index (χ2n) is 2.21. The van der Waals surface area contributed by atoms with Gasteiger partial charge in [-0.3, -0.25) is 20.6 Å². The van der Waals surface area contributed by atoms with Crippen LogP contribution in [0.25, 0.3) is 0 Å². The van der Waals surface area contributed by atoms with Crippen molar-refractivity contribution in [1.82, 2.24) is 10.9 Å². The number of hydrogen-bond acceptors (Lipinski definition) is 4. The number of aliphatic imine (C=N–C) groups is 1. The van der Waals surface area contributed by atoms with Gasteiger partial charge in [-0.15, -0.1) is 0 Å². The van der Waals surface area contributed by atoms with Crippen molar-refractivity contribution in [1.29, 1.82) is 0 Å². The van der Waals surface area contributed by atoms with E-state index in [2.05, 4.69) is 15.8 Å². The molecule has 1 amide bonds. The fourth-order valence-electron chi connectivity index (χ4n) is 0.817. The number of rotatable bonds is 3. The summed E-state index contributed by atoms with van der Waals surface area (Å²) in [6, 6.07) is -0.191. The summed E-state index contributed by atoms with van der Waals surface area (Å²) in [7, 11) is 0. The molecule has 0 saturated heterocycles. The van der Waals surface area contributed by atoms with E-state index in [0.29, 0.717) is 0 Å². The number of carbonyl (C=O) groups excluding carboxylic acids is 1. The second kappa shape index (κ2) is 4.23. The molecule has 1 rings (SSSR count). The Morgan fingerprint density at radius 2 is 2.64 bits per heavy atom. The Balaban J connectivity index is 2.35. The smallest absolute Gasteiger partial charge is 0.263 e. The second-order valence-corrected chi connectivity index (χ2v) is 3.19. The van der Waals surface area contributed by atoms with Crippen LogP contribution < -0.4 is 10.9 Å². The lowest BCUT2D eigenvalue weighted by Gasteiger charge is -2.15. The first kappa shape index (κ1) is 8.39. The number of thioether (sulfide) groups is 1. The van der Waals surface area contributed by atoms with Crippen molar-refractivity contribution in [3.63, 3.8) is 0 Å². The average molecular weight is 173 g/mol. The Labute approximate surface area is 69.8 Å². The molecule has 0 spiro atoms. The lowest BCUT2D eigenvalue weighted by molar-refractivity contribution is -0.123. The van der Waals surface area contributed by atoms with Crippen LogP contribution in [0.15, 0.2) is 4.99 Å². The van der Waals surface area contributed by atoms with Gasteiger partial charge in [0.2, 0.25) is 0 Å². The molecule has 62 valence electrons. The van der Waals surface area contributed by atoms with Crippen molar-refractivity contribution in [2.75, 3.05) is 12.0 Å². The summed E-state index contributed by atoms with van der Waals surface area (Å²) in [5.74, 6) is 0.927. The van der Waals surface area contributed by atoms with E-state index in [1.54, 1.807) is 11.8 Å². The lowest BCUT2D eigenvalue weighted by Crippen LogP contribution is -2.46. The number of nitrogens with one attached hydrogen (secondary N) is 2. The molecule has 1 unspecified atom stereocenters. The zero-order chi connectivity index (χ0) is 8.10. The van der Waals surface area contributed by atoms with Crippen LogP contribution in [0, 0.1) is 0 Å². The van der Waals surface area contributed by atoms with Gasteiger partial charge in [0, 0.05) is 0 Å². The predicted molar refractivity (Wildman–Crippen MR) is 46.6 cm³/mol. The molecule has 0 fully saturated rings. The monoisotopic (exact) mass is 173 g/mol. The Kier molecular flexibility index (Phi) is 3.22. The fraction of sp³-hybridized carbons (Fsp3) is 0.667. The minimum absolute atomic E-state index is 0.0402. The number of nitrogens with zero attached hydrogens (tertiary/aromatic N) is 1. The van der Waals surface area contributed by atoms with E-state index in [0.717, 1.165) is 12.2 Å². The SMILES string of the molecule is CSCCC1N=CNNC1=O. The van der Waals surface area contributed by atoms with Crippen LogP contribution in [-0.4, -0.2) is 30.3 Å². The first-order chi connectivity index (χ1) is 5.34. The molecule has 0 bridgehead atoms. The number of hydrogen-bond donors (Lipinski definition) is 2. The summed E-state index contributed by atoms with van der Waals surface area (Å²) in [6.45, 7) is 0. The van der Waals surface area contributed by atoms with E-state index in [4.69, 9.17) is 0 Å². The molecular weight excluding hydrogens is 162 g/mol. The normalized spacial score (nSPS) is 22.6. The number of hydrazine groups is 1. The highest BCUT2D eigenvalue weighted by Gasteiger charge is 2.17. The van der Waals surface area contributed by atoms with Crippen LogP contribution >= 0.6 is 11.8 Å². The van der Waals surface area contributed by atoms with E-state index in [-0.39, 0.29) is 11.9 Å². The van der Waals surface area contributed by atoms with Gasteiger partial charge in [-0.25, -0.2) is 0 Å². The third-order valence-corrected chi connectivity index (χ3v) is 2.06. The van der Waals surface area contributed by atoms with Gasteiger partial charge in [0.25, 0.3) is 5.91 Å². The molecule has 1 aliphatic rings. The molecule has 0 aromatic carbocycles. The third kappa shape index (κ3) is 2.42. The first-order valence-electron chi connectivity index (χ1n) is 3.40. The van der Waals surface area contributed by atoms with Crippen LogP contribution in [0.1, 0.15) is 6.42 Å². The van der Waals surface area contributed by atoms with E-state index in [1.165, 1.54) is 6.34 Å². The van der Waals surface area contributed by atoms with Crippen LogP contribution in [0.5, 0.6) is 0 Å². The van der Waals surface area contributed by atoms with Gasteiger partial charge in [-0.2, -0.15) is 11.8 Å². The molecule has 0 aromatic rings. The molecule has 1 atom stereocenters. The van der Waals surface area contributed by atoms with Gasteiger partial charge in [0.05, 0.1) is 0 Å². The standard InChI is InChI=1S/C6H11N3OS/c1-11-3-2-5-6(10)9-8-4-7-5/h4-5H,2-3H2,1H3,(H,7,8)(H,9,10). The molecule has 11 heavy (non-hydrogen) atoms. The van der Waals surface area contributed by atoms with Crippen molar-refractivity contribution in [3.05, 3.63) is 0 Å². The van der Waals surface area contributed by atoms with Crippen molar-refractivity contribution in [3.8, 4) is 0 Å². The van der Waals surface area contributed by atoms with Gasteiger partial charge in [0.15, 0.2) is 0 Å². The van der Waals surface area contributed by atoms with Crippen molar-refractivity contribution < 1.29 is 4.79 Å². The van der Waals surface area contributed by atoms with Crippen LogP contribution in [0.3, 0.4) is 0 Å². The summed E-state index contributed by atoms with van der Waals surface area (Å²) in [5.41, 5.74) is 5.04. The maximum Gasteiger partial charge on any atom is 0.263 e. The fourth-order valence-corrected chi connectivity index (χ4v) is 1.28. The largest absolute Gasteiger partial charge is 0.288 e. The van der Waals surface area contributed by atoms with Crippen molar-refractivity contribution >= 4 is 24.0 Å². The highest BCUT2D eigenvalue weighted by atomic mass is 32.2. The lowest BCUT2D eigenvalue weighted by atomic mass is 10.2. The summed E-state index contributed by atoms with van der Waals surface area (Å²) >= 11 is 1.72. The maximum absolute atomic E-state index is 11.0. The molecule has 0 aliphatic carbocycles. The topological polar surface area (TPSA) is 53.5 Å². The average Bonchev–Trinajstić information content (AvgIpc) is 2.03. The Morgan fingerprint density at radius 3 is 3.27 bits per heavy atom.